The largest absolute Gasteiger partial charge is 0.494 e. The lowest BCUT2D eigenvalue weighted by Gasteiger charge is -2.26. The minimum absolute atomic E-state index is 0. The van der Waals surface area contributed by atoms with Crippen LogP contribution in [0.1, 0.15) is 19.3 Å². The van der Waals surface area contributed by atoms with Gasteiger partial charge in [0.1, 0.15) is 11.6 Å². The number of halogens is 2. The zero-order valence-corrected chi connectivity index (χ0v) is 13.8. The van der Waals surface area contributed by atoms with Gasteiger partial charge in [0.2, 0.25) is 5.91 Å². The average Bonchev–Trinajstić information content (AvgIpc) is 2.56. The highest BCUT2D eigenvalue weighted by molar-refractivity contribution is 5.85. The van der Waals surface area contributed by atoms with Gasteiger partial charge in [0.05, 0.1) is 12.6 Å². The van der Waals surface area contributed by atoms with Crippen molar-refractivity contribution in [2.45, 2.75) is 25.3 Å². The molecule has 1 amide bonds. The summed E-state index contributed by atoms with van der Waals surface area (Å²) in [5.74, 6) is 0.409. The number of carbonyl (C=O) groups is 1. The summed E-state index contributed by atoms with van der Waals surface area (Å²) in [6, 6.07) is 5.39. The summed E-state index contributed by atoms with van der Waals surface area (Å²) in [6.07, 6.45) is 2.34. The quantitative estimate of drug-likeness (QED) is 0.739. The maximum atomic E-state index is 12.7. The van der Waals surface area contributed by atoms with E-state index in [4.69, 9.17) is 15.2 Å². The Morgan fingerprint density at radius 1 is 1.35 bits per heavy atom. The Labute approximate surface area is 142 Å². The van der Waals surface area contributed by atoms with Gasteiger partial charge >= 0.3 is 0 Å². The Balaban J connectivity index is 0.00000264. The average molecular weight is 347 g/mol. The molecule has 1 heterocycles. The molecule has 1 fully saturated rings. The van der Waals surface area contributed by atoms with E-state index in [1.165, 1.54) is 12.1 Å². The lowest BCUT2D eigenvalue weighted by molar-refractivity contribution is -0.124. The molecule has 0 aliphatic carbocycles. The van der Waals surface area contributed by atoms with Gasteiger partial charge in [0, 0.05) is 19.8 Å². The minimum Gasteiger partial charge on any atom is -0.494 e. The number of benzene rings is 1. The summed E-state index contributed by atoms with van der Waals surface area (Å²) in [4.78, 5) is 12.0. The highest BCUT2D eigenvalue weighted by Crippen LogP contribution is 2.17. The molecule has 23 heavy (non-hydrogen) atoms. The summed E-state index contributed by atoms with van der Waals surface area (Å²) < 4.78 is 23.4. The smallest absolute Gasteiger partial charge is 0.237 e. The molecular weight excluding hydrogens is 323 g/mol. The van der Waals surface area contributed by atoms with Crippen molar-refractivity contribution in [1.82, 2.24) is 5.32 Å². The fourth-order valence-electron chi connectivity index (χ4n) is 2.41. The summed E-state index contributed by atoms with van der Waals surface area (Å²) in [5, 5.41) is 2.83. The van der Waals surface area contributed by atoms with Gasteiger partial charge in [-0.2, -0.15) is 0 Å². The fraction of sp³-hybridized carbons (Fsp3) is 0.562. The van der Waals surface area contributed by atoms with Crippen molar-refractivity contribution in [3.63, 3.8) is 0 Å². The molecule has 1 unspecified atom stereocenters. The van der Waals surface area contributed by atoms with Crippen LogP contribution < -0.4 is 15.8 Å². The number of hydrogen-bond acceptors (Lipinski definition) is 4. The molecular formula is C16H24ClFN2O3. The third-order valence-corrected chi connectivity index (χ3v) is 3.78. The molecule has 1 atom stereocenters. The van der Waals surface area contributed by atoms with Crippen molar-refractivity contribution in [2.24, 2.45) is 11.7 Å². The highest BCUT2D eigenvalue weighted by atomic mass is 35.5. The second kappa shape index (κ2) is 10.4. The van der Waals surface area contributed by atoms with Gasteiger partial charge in [-0.05, 0) is 49.4 Å². The summed E-state index contributed by atoms with van der Waals surface area (Å²) in [5.41, 5.74) is 5.98. The number of carbonyl (C=O) groups excluding carboxylic acids is 1. The number of nitrogens with one attached hydrogen (secondary N) is 1. The van der Waals surface area contributed by atoms with E-state index in [0.717, 1.165) is 12.8 Å². The van der Waals surface area contributed by atoms with E-state index < -0.39 is 6.04 Å². The van der Waals surface area contributed by atoms with Crippen LogP contribution in [0.3, 0.4) is 0 Å². The lowest BCUT2D eigenvalue weighted by atomic mass is 9.92. The topological polar surface area (TPSA) is 73.6 Å². The summed E-state index contributed by atoms with van der Waals surface area (Å²) >= 11 is 0. The molecule has 3 N–H and O–H groups in total. The highest BCUT2D eigenvalue weighted by Gasteiger charge is 2.26. The molecule has 130 valence electrons. The number of nitrogens with two attached hydrogens (primary N) is 1. The van der Waals surface area contributed by atoms with Gasteiger partial charge in [0.15, 0.2) is 0 Å². The van der Waals surface area contributed by atoms with Crippen LogP contribution in [0.2, 0.25) is 0 Å². The molecule has 1 aromatic carbocycles. The van der Waals surface area contributed by atoms with Crippen LogP contribution in [0, 0.1) is 11.7 Å². The van der Waals surface area contributed by atoms with Crippen molar-refractivity contribution >= 4 is 18.3 Å². The van der Waals surface area contributed by atoms with Gasteiger partial charge in [-0.25, -0.2) is 4.39 Å². The van der Waals surface area contributed by atoms with Gasteiger partial charge in [0.25, 0.3) is 0 Å². The Kier molecular flexibility index (Phi) is 8.91. The maximum absolute atomic E-state index is 12.7. The van der Waals surface area contributed by atoms with Gasteiger partial charge in [-0.3, -0.25) is 4.79 Å². The first-order chi connectivity index (χ1) is 10.7. The number of hydrogen-bond donors (Lipinski definition) is 2. The van der Waals surface area contributed by atoms with E-state index in [-0.39, 0.29) is 30.0 Å². The predicted molar refractivity (Wildman–Crippen MR) is 88.3 cm³/mol. The minimum atomic E-state index is -0.470. The van der Waals surface area contributed by atoms with Crippen molar-refractivity contribution in [3.05, 3.63) is 30.1 Å². The van der Waals surface area contributed by atoms with Crippen LogP contribution in [0.4, 0.5) is 4.39 Å². The maximum Gasteiger partial charge on any atom is 0.237 e. The van der Waals surface area contributed by atoms with E-state index in [1.54, 1.807) is 12.1 Å². The van der Waals surface area contributed by atoms with Gasteiger partial charge in [-0.15, -0.1) is 12.4 Å². The first-order valence-corrected chi connectivity index (χ1v) is 7.66. The van der Waals surface area contributed by atoms with Crippen molar-refractivity contribution in [1.29, 1.82) is 0 Å². The zero-order chi connectivity index (χ0) is 15.8. The second-order valence-electron chi connectivity index (χ2n) is 5.42. The van der Waals surface area contributed by atoms with Crippen LogP contribution in [0.15, 0.2) is 24.3 Å². The molecule has 1 aliphatic rings. The third kappa shape index (κ3) is 6.72. The van der Waals surface area contributed by atoms with Crippen LogP contribution in [0.5, 0.6) is 5.75 Å². The van der Waals surface area contributed by atoms with Gasteiger partial charge in [-0.1, -0.05) is 0 Å². The molecule has 5 nitrogen and oxygen atoms in total. The monoisotopic (exact) mass is 346 g/mol. The molecule has 0 radical (unpaired) electrons. The fourth-order valence-corrected chi connectivity index (χ4v) is 2.41. The molecule has 1 saturated heterocycles. The van der Waals surface area contributed by atoms with Crippen LogP contribution in [-0.2, 0) is 9.53 Å². The van der Waals surface area contributed by atoms with Crippen LogP contribution in [-0.4, -0.2) is 38.3 Å². The number of amides is 1. The standard InChI is InChI=1S/C16H23FN2O3.ClH/c17-13-2-4-14(5-3-13)22-9-1-8-19-16(20)15(18)12-6-10-21-11-7-12;/h2-5,12,15H,1,6-11,18H2,(H,19,20);1H. The lowest BCUT2D eigenvalue weighted by Crippen LogP contribution is -2.47. The van der Waals surface area contributed by atoms with Gasteiger partial charge < -0.3 is 20.5 Å². The van der Waals surface area contributed by atoms with Crippen molar-refractivity contribution in [2.75, 3.05) is 26.4 Å². The van der Waals surface area contributed by atoms with Crippen LogP contribution >= 0.6 is 12.4 Å². The van der Waals surface area contributed by atoms with Crippen LogP contribution in [0.25, 0.3) is 0 Å². The normalized spacial score (nSPS) is 16.3. The third-order valence-electron chi connectivity index (χ3n) is 3.78. The molecule has 0 aromatic heterocycles. The predicted octanol–water partition coefficient (Wildman–Crippen LogP) is 1.89. The SMILES string of the molecule is Cl.NC(C(=O)NCCCOc1ccc(F)cc1)C1CCOCC1. The van der Waals surface area contributed by atoms with E-state index in [0.29, 0.717) is 38.5 Å². The first kappa shape index (κ1) is 19.7. The molecule has 2 rings (SSSR count). The Morgan fingerprint density at radius 3 is 2.65 bits per heavy atom. The van der Waals surface area contributed by atoms with E-state index in [2.05, 4.69) is 5.32 Å². The van der Waals surface area contributed by atoms with E-state index in [1.807, 2.05) is 0 Å². The first-order valence-electron chi connectivity index (χ1n) is 7.66. The Hall–Kier alpha value is -1.37. The zero-order valence-electron chi connectivity index (χ0n) is 13.0. The Morgan fingerprint density at radius 2 is 2.00 bits per heavy atom. The van der Waals surface area contributed by atoms with Crippen molar-refractivity contribution in [3.8, 4) is 5.75 Å². The number of ether oxygens (including phenoxy) is 2. The Bertz CT molecular complexity index is 467. The molecule has 7 heteroatoms. The molecule has 1 aliphatic heterocycles. The summed E-state index contributed by atoms with van der Waals surface area (Å²) in [7, 11) is 0. The molecule has 1 aromatic rings. The molecule has 0 saturated carbocycles. The number of rotatable bonds is 7. The molecule has 0 bridgehead atoms. The molecule has 0 spiro atoms. The summed E-state index contributed by atoms with van der Waals surface area (Å²) in [6.45, 7) is 2.32. The van der Waals surface area contributed by atoms with E-state index >= 15 is 0 Å². The van der Waals surface area contributed by atoms with E-state index in [9.17, 15) is 9.18 Å². The second-order valence-corrected chi connectivity index (χ2v) is 5.42. The van der Waals surface area contributed by atoms with Crippen molar-refractivity contribution < 1.29 is 18.7 Å².